The summed E-state index contributed by atoms with van der Waals surface area (Å²) in [5.74, 6) is -0.298. The summed E-state index contributed by atoms with van der Waals surface area (Å²) in [6, 6.07) is 7.56. The highest BCUT2D eigenvalue weighted by molar-refractivity contribution is 5.93. The number of primary amides is 1. The normalized spacial score (nSPS) is 14.8. The standard InChI is InChI=1S/C12H15N3O2/c13-11(16)6-3-9-1-4-10(5-2-9)15-8-7-14-12(15)17/h1-2,4-5H,3,6-8H2,(H2,13,16)(H,14,17). The number of benzene rings is 1. The quantitative estimate of drug-likeness (QED) is 0.800. The molecule has 0 spiro atoms. The predicted octanol–water partition coefficient (Wildman–Crippen LogP) is 0.634. The number of carbonyl (C=O) groups excluding carboxylic acids is 2. The van der Waals surface area contributed by atoms with Gasteiger partial charge in [0.2, 0.25) is 5.91 Å². The number of nitrogens with one attached hydrogen (secondary N) is 1. The summed E-state index contributed by atoms with van der Waals surface area (Å²) >= 11 is 0. The number of amides is 3. The van der Waals surface area contributed by atoms with E-state index < -0.39 is 0 Å². The van der Waals surface area contributed by atoms with Gasteiger partial charge in [-0.15, -0.1) is 0 Å². The Morgan fingerprint density at radius 2 is 2.06 bits per heavy atom. The summed E-state index contributed by atoms with van der Waals surface area (Å²) in [7, 11) is 0. The van der Waals surface area contributed by atoms with Gasteiger partial charge in [0.25, 0.3) is 0 Å². The van der Waals surface area contributed by atoms with E-state index in [1.54, 1.807) is 4.90 Å². The van der Waals surface area contributed by atoms with Crippen LogP contribution in [-0.4, -0.2) is 25.0 Å². The lowest BCUT2D eigenvalue weighted by Crippen LogP contribution is -2.27. The second-order valence-electron chi connectivity index (χ2n) is 4.02. The number of urea groups is 1. The van der Waals surface area contributed by atoms with Gasteiger partial charge in [0.15, 0.2) is 0 Å². The van der Waals surface area contributed by atoms with Crippen molar-refractivity contribution < 1.29 is 9.59 Å². The van der Waals surface area contributed by atoms with Crippen molar-refractivity contribution in [1.82, 2.24) is 5.32 Å². The molecule has 1 heterocycles. The average molecular weight is 233 g/mol. The Labute approximate surface area is 99.6 Å². The van der Waals surface area contributed by atoms with Crippen LogP contribution < -0.4 is 16.0 Å². The highest BCUT2D eigenvalue weighted by Crippen LogP contribution is 2.17. The number of rotatable bonds is 4. The fourth-order valence-corrected chi connectivity index (χ4v) is 1.83. The molecule has 90 valence electrons. The van der Waals surface area contributed by atoms with E-state index in [2.05, 4.69) is 5.32 Å². The Morgan fingerprint density at radius 1 is 1.35 bits per heavy atom. The van der Waals surface area contributed by atoms with Crippen molar-refractivity contribution >= 4 is 17.6 Å². The zero-order valence-corrected chi connectivity index (χ0v) is 9.48. The van der Waals surface area contributed by atoms with E-state index in [1.807, 2.05) is 24.3 Å². The first kappa shape index (κ1) is 11.4. The van der Waals surface area contributed by atoms with Gasteiger partial charge >= 0.3 is 6.03 Å². The molecule has 1 aromatic carbocycles. The van der Waals surface area contributed by atoms with E-state index in [0.717, 1.165) is 11.3 Å². The minimum atomic E-state index is -0.298. The van der Waals surface area contributed by atoms with E-state index in [0.29, 0.717) is 25.9 Å². The van der Waals surface area contributed by atoms with Gasteiger partial charge in [-0.1, -0.05) is 12.1 Å². The van der Waals surface area contributed by atoms with Crippen molar-refractivity contribution in [3.05, 3.63) is 29.8 Å². The lowest BCUT2D eigenvalue weighted by atomic mass is 10.1. The van der Waals surface area contributed by atoms with Crippen LogP contribution in [0.1, 0.15) is 12.0 Å². The molecule has 1 aromatic rings. The smallest absolute Gasteiger partial charge is 0.321 e. The van der Waals surface area contributed by atoms with Gasteiger partial charge < -0.3 is 11.1 Å². The van der Waals surface area contributed by atoms with E-state index in [1.165, 1.54) is 0 Å². The third kappa shape index (κ3) is 2.75. The molecule has 0 aromatic heterocycles. The molecule has 0 bridgehead atoms. The highest BCUT2D eigenvalue weighted by atomic mass is 16.2. The molecule has 5 nitrogen and oxygen atoms in total. The maximum absolute atomic E-state index is 11.4. The largest absolute Gasteiger partial charge is 0.370 e. The number of nitrogens with zero attached hydrogens (tertiary/aromatic N) is 1. The van der Waals surface area contributed by atoms with E-state index in [-0.39, 0.29) is 11.9 Å². The molecule has 5 heteroatoms. The van der Waals surface area contributed by atoms with E-state index in [9.17, 15) is 9.59 Å². The summed E-state index contributed by atoms with van der Waals surface area (Å²) in [5, 5.41) is 2.75. The molecule has 1 fully saturated rings. The first-order valence-electron chi connectivity index (χ1n) is 5.59. The first-order valence-corrected chi connectivity index (χ1v) is 5.59. The first-order chi connectivity index (χ1) is 8.16. The van der Waals surface area contributed by atoms with Crippen LogP contribution in [0, 0.1) is 0 Å². The van der Waals surface area contributed by atoms with E-state index in [4.69, 9.17) is 5.73 Å². The van der Waals surface area contributed by atoms with Crippen molar-refractivity contribution in [2.24, 2.45) is 5.73 Å². The van der Waals surface area contributed by atoms with Gasteiger partial charge in [-0.3, -0.25) is 9.69 Å². The van der Waals surface area contributed by atoms with Crippen molar-refractivity contribution in [3.8, 4) is 0 Å². The van der Waals surface area contributed by atoms with Gasteiger partial charge in [-0.2, -0.15) is 0 Å². The Hall–Kier alpha value is -2.04. The average Bonchev–Trinajstić information content (AvgIpc) is 2.73. The molecule has 0 saturated carbocycles. The maximum Gasteiger partial charge on any atom is 0.321 e. The molecule has 3 amide bonds. The van der Waals surface area contributed by atoms with Gasteiger partial charge in [0, 0.05) is 25.2 Å². The fraction of sp³-hybridized carbons (Fsp3) is 0.333. The summed E-state index contributed by atoms with van der Waals surface area (Å²) in [6.45, 7) is 1.38. The van der Waals surface area contributed by atoms with Gasteiger partial charge in [-0.05, 0) is 24.1 Å². The second-order valence-corrected chi connectivity index (χ2v) is 4.02. The number of nitrogens with two attached hydrogens (primary N) is 1. The Balaban J connectivity index is 2.02. The topological polar surface area (TPSA) is 75.4 Å². The number of hydrogen-bond acceptors (Lipinski definition) is 2. The molecule has 1 aliphatic heterocycles. The minimum absolute atomic E-state index is 0.0603. The summed E-state index contributed by atoms with van der Waals surface area (Å²) in [4.78, 5) is 23.8. The monoisotopic (exact) mass is 233 g/mol. The van der Waals surface area contributed by atoms with Crippen LogP contribution in [0.2, 0.25) is 0 Å². The fourth-order valence-electron chi connectivity index (χ4n) is 1.83. The molecule has 0 aliphatic carbocycles. The SMILES string of the molecule is NC(=O)CCc1ccc(N2CCNC2=O)cc1. The van der Waals surface area contributed by atoms with E-state index >= 15 is 0 Å². The van der Waals surface area contributed by atoms with Crippen LogP contribution in [0.15, 0.2) is 24.3 Å². The lowest BCUT2D eigenvalue weighted by molar-refractivity contribution is -0.117. The molecule has 2 rings (SSSR count). The van der Waals surface area contributed by atoms with Gasteiger partial charge in [-0.25, -0.2) is 4.79 Å². The predicted molar refractivity (Wildman–Crippen MR) is 64.7 cm³/mol. The lowest BCUT2D eigenvalue weighted by Gasteiger charge is -2.14. The Morgan fingerprint density at radius 3 is 2.59 bits per heavy atom. The zero-order chi connectivity index (χ0) is 12.3. The summed E-state index contributed by atoms with van der Waals surface area (Å²) < 4.78 is 0. The molecule has 3 N–H and O–H groups in total. The molecule has 1 saturated heterocycles. The minimum Gasteiger partial charge on any atom is -0.370 e. The zero-order valence-electron chi connectivity index (χ0n) is 9.48. The van der Waals surface area contributed by atoms with Crippen molar-refractivity contribution in [1.29, 1.82) is 0 Å². The molecule has 0 unspecified atom stereocenters. The number of hydrogen-bond donors (Lipinski definition) is 2. The van der Waals surface area contributed by atoms with Crippen LogP contribution in [0.4, 0.5) is 10.5 Å². The van der Waals surface area contributed by atoms with Crippen molar-refractivity contribution in [2.45, 2.75) is 12.8 Å². The Kier molecular flexibility index (Phi) is 3.27. The Bertz CT molecular complexity index is 428. The molecule has 1 aliphatic rings. The van der Waals surface area contributed by atoms with Gasteiger partial charge in [0.05, 0.1) is 0 Å². The molecular weight excluding hydrogens is 218 g/mol. The van der Waals surface area contributed by atoms with Gasteiger partial charge in [0.1, 0.15) is 0 Å². The van der Waals surface area contributed by atoms with Crippen molar-refractivity contribution in [2.75, 3.05) is 18.0 Å². The molecule has 0 radical (unpaired) electrons. The third-order valence-electron chi connectivity index (χ3n) is 2.76. The second kappa shape index (κ2) is 4.86. The molecular formula is C12H15N3O2. The third-order valence-corrected chi connectivity index (χ3v) is 2.76. The van der Waals surface area contributed by atoms with Crippen LogP contribution in [0.3, 0.4) is 0 Å². The molecule has 0 atom stereocenters. The van der Waals surface area contributed by atoms with Crippen LogP contribution in [0.5, 0.6) is 0 Å². The maximum atomic E-state index is 11.4. The van der Waals surface area contributed by atoms with Crippen LogP contribution in [-0.2, 0) is 11.2 Å². The molecule has 17 heavy (non-hydrogen) atoms. The number of anilines is 1. The highest BCUT2D eigenvalue weighted by Gasteiger charge is 2.20. The summed E-state index contributed by atoms with van der Waals surface area (Å²) in [6.07, 6.45) is 0.991. The number of carbonyl (C=O) groups is 2. The number of aryl methyl sites for hydroxylation is 1. The summed E-state index contributed by atoms with van der Waals surface area (Å²) in [5.41, 5.74) is 7.01. The van der Waals surface area contributed by atoms with Crippen LogP contribution in [0.25, 0.3) is 0 Å². The van der Waals surface area contributed by atoms with Crippen molar-refractivity contribution in [3.63, 3.8) is 0 Å². The van der Waals surface area contributed by atoms with Crippen LogP contribution >= 0.6 is 0 Å².